The minimum atomic E-state index is -3.38. The van der Waals surface area contributed by atoms with Crippen molar-refractivity contribution in [1.82, 2.24) is 14.9 Å². The zero-order valence-corrected chi connectivity index (χ0v) is 15.2. The maximum absolute atomic E-state index is 12.1. The smallest absolute Gasteiger partial charge is 0.316 e. The molecule has 0 spiro atoms. The van der Waals surface area contributed by atoms with E-state index in [0.717, 1.165) is 0 Å². The van der Waals surface area contributed by atoms with Crippen LogP contribution in [0.2, 0.25) is 0 Å². The summed E-state index contributed by atoms with van der Waals surface area (Å²) in [6.45, 7) is 8.13. The number of rotatable bonds is 3. The van der Waals surface area contributed by atoms with E-state index in [9.17, 15) is 13.2 Å². The normalized spacial score (nSPS) is 22.5. The van der Waals surface area contributed by atoms with Gasteiger partial charge in [0.25, 0.3) is 0 Å². The predicted octanol–water partition coefficient (Wildman–Crippen LogP) is 1.92. The van der Waals surface area contributed by atoms with Crippen LogP contribution in [0.25, 0.3) is 0 Å². The van der Waals surface area contributed by atoms with Gasteiger partial charge in [0.05, 0.1) is 17.6 Å². The van der Waals surface area contributed by atoms with Crippen LogP contribution >= 0.6 is 11.6 Å². The van der Waals surface area contributed by atoms with Crippen molar-refractivity contribution in [3.63, 3.8) is 0 Å². The fourth-order valence-corrected chi connectivity index (χ4v) is 4.00. The molecule has 2 atom stereocenters. The summed E-state index contributed by atoms with van der Waals surface area (Å²) < 4.78 is 24.2. The summed E-state index contributed by atoms with van der Waals surface area (Å²) in [5, 5.41) is -0.987. The first kappa shape index (κ1) is 17.9. The van der Waals surface area contributed by atoms with Gasteiger partial charge in [-0.05, 0) is 39.3 Å². The molecule has 0 aromatic carbocycles. The van der Waals surface area contributed by atoms with Crippen molar-refractivity contribution in [2.75, 3.05) is 18.0 Å². The lowest BCUT2D eigenvalue weighted by Gasteiger charge is -2.43. The Balaban J connectivity index is 2.20. The van der Waals surface area contributed by atoms with Gasteiger partial charge in [-0.25, -0.2) is 18.4 Å². The summed E-state index contributed by atoms with van der Waals surface area (Å²) in [7, 11) is -3.38. The molecule has 0 unspecified atom stereocenters. The number of anilines is 1. The second-order valence-corrected chi connectivity index (χ2v) is 8.90. The molecule has 1 saturated heterocycles. The summed E-state index contributed by atoms with van der Waals surface area (Å²) in [5.74, 6) is 0.452. The standard InChI is InChI=1S/C14H21ClN4O3S/c1-9(2)23(21,22)12-5-16-14(17-6-12)18-7-10(3)19(13(15)20)11(4)8-18/h5-6,9-11H,7-8H2,1-4H3/t10-,11+. The van der Waals surface area contributed by atoms with E-state index in [1.807, 2.05) is 18.7 Å². The van der Waals surface area contributed by atoms with Crippen molar-refractivity contribution < 1.29 is 13.2 Å². The lowest BCUT2D eigenvalue weighted by atomic mass is 10.1. The van der Waals surface area contributed by atoms with E-state index >= 15 is 0 Å². The number of aromatic nitrogens is 2. The fourth-order valence-electron chi connectivity index (χ4n) is 2.72. The van der Waals surface area contributed by atoms with Crippen molar-refractivity contribution >= 4 is 32.8 Å². The third-order valence-corrected chi connectivity index (χ3v) is 6.27. The molecule has 128 valence electrons. The Morgan fingerprint density at radius 2 is 1.70 bits per heavy atom. The lowest BCUT2D eigenvalue weighted by molar-refractivity contribution is 0.162. The summed E-state index contributed by atoms with van der Waals surface area (Å²) in [6.07, 6.45) is 2.68. The van der Waals surface area contributed by atoms with Crippen LogP contribution in [0, 0.1) is 0 Å². The highest BCUT2D eigenvalue weighted by atomic mass is 35.5. The van der Waals surface area contributed by atoms with Crippen LogP contribution in [0.4, 0.5) is 10.7 Å². The molecule has 0 N–H and O–H groups in total. The number of carbonyl (C=O) groups excluding carboxylic acids is 1. The molecule has 1 amide bonds. The maximum atomic E-state index is 12.1. The third kappa shape index (κ3) is 3.58. The number of hydrogen-bond acceptors (Lipinski definition) is 6. The van der Waals surface area contributed by atoms with E-state index < -0.39 is 20.5 Å². The summed E-state index contributed by atoms with van der Waals surface area (Å²) >= 11 is 5.61. The van der Waals surface area contributed by atoms with Crippen molar-refractivity contribution in [3.05, 3.63) is 12.4 Å². The highest BCUT2D eigenvalue weighted by Gasteiger charge is 2.33. The summed E-state index contributed by atoms with van der Waals surface area (Å²) in [6, 6.07) is -0.155. The van der Waals surface area contributed by atoms with E-state index in [0.29, 0.717) is 19.0 Å². The Bertz CT molecular complexity index is 666. The first-order valence-electron chi connectivity index (χ1n) is 7.43. The Morgan fingerprint density at radius 3 is 2.09 bits per heavy atom. The van der Waals surface area contributed by atoms with Gasteiger partial charge >= 0.3 is 5.37 Å². The van der Waals surface area contributed by atoms with Gasteiger partial charge in [0.2, 0.25) is 5.95 Å². The number of nitrogens with zero attached hydrogens (tertiary/aromatic N) is 4. The molecule has 7 nitrogen and oxygen atoms in total. The van der Waals surface area contributed by atoms with E-state index in [-0.39, 0.29) is 17.0 Å². The first-order chi connectivity index (χ1) is 10.6. The molecular formula is C14H21ClN4O3S. The zero-order chi connectivity index (χ0) is 17.4. The first-order valence-corrected chi connectivity index (χ1v) is 9.35. The molecule has 2 rings (SSSR count). The molecule has 2 heterocycles. The number of carbonyl (C=O) groups is 1. The molecule has 0 bridgehead atoms. The van der Waals surface area contributed by atoms with Crippen LogP contribution in [-0.2, 0) is 9.84 Å². The SMILES string of the molecule is CC(C)S(=O)(=O)c1cnc(N2C[C@@H](C)N(C(=O)Cl)[C@@H](C)C2)nc1. The van der Waals surface area contributed by atoms with E-state index in [4.69, 9.17) is 11.6 Å². The Labute approximate surface area is 141 Å². The minimum Gasteiger partial charge on any atom is -0.337 e. The molecule has 1 aromatic heterocycles. The van der Waals surface area contributed by atoms with Gasteiger partial charge in [0, 0.05) is 25.2 Å². The highest BCUT2D eigenvalue weighted by molar-refractivity contribution is 7.92. The lowest BCUT2D eigenvalue weighted by Crippen LogP contribution is -2.57. The molecular weight excluding hydrogens is 340 g/mol. The number of piperazine rings is 1. The average molecular weight is 361 g/mol. The number of halogens is 1. The zero-order valence-electron chi connectivity index (χ0n) is 13.6. The highest BCUT2D eigenvalue weighted by Crippen LogP contribution is 2.22. The van der Waals surface area contributed by atoms with Gasteiger partial charge in [-0.2, -0.15) is 0 Å². The monoisotopic (exact) mass is 360 g/mol. The van der Waals surface area contributed by atoms with Crippen LogP contribution in [0.3, 0.4) is 0 Å². The van der Waals surface area contributed by atoms with Crippen molar-refractivity contribution in [2.45, 2.75) is 49.9 Å². The Morgan fingerprint density at radius 1 is 1.22 bits per heavy atom. The second-order valence-electron chi connectivity index (χ2n) is 6.08. The quantitative estimate of drug-likeness (QED) is 0.604. The Kier molecular flexibility index (Phi) is 5.15. The van der Waals surface area contributed by atoms with Crippen molar-refractivity contribution in [1.29, 1.82) is 0 Å². The molecule has 0 saturated carbocycles. The van der Waals surface area contributed by atoms with Crippen LogP contribution in [-0.4, -0.2) is 59.1 Å². The largest absolute Gasteiger partial charge is 0.337 e. The van der Waals surface area contributed by atoms with Gasteiger partial charge < -0.3 is 9.80 Å². The van der Waals surface area contributed by atoms with Crippen LogP contribution in [0.5, 0.6) is 0 Å². The minimum absolute atomic E-state index is 0.0774. The average Bonchev–Trinajstić information content (AvgIpc) is 2.46. The molecule has 0 aliphatic carbocycles. The number of amides is 1. The van der Waals surface area contributed by atoms with E-state index in [1.165, 1.54) is 12.4 Å². The molecule has 1 aliphatic heterocycles. The van der Waals surface area contributed by atoms with Crippen LogP contribution in [0.1, 0.15) is 27.7 Å². The summed E-state index contributed by atoms with van der Waals surface area (Å²) in [4.78, 5) is 23.5. The topological polar surface area (TPSA) is 83.5 Å². The van der Waals surface area contributed by atoms with E-state index in [1.54, 1.807) is 18.7 Å². The second kappa shape index (κ2) is 6.60. The van der Waals surface area contributed by atoms with E-state index in [2.05, 4.69) is 9.97 Å². The Hall–Kier alpha value is -1.41. The predicted molar refractivity (Wildman–Crippen MR) is 88.6 cm³/mol. The van der Waals surface area contributed by atoms with Gasteiger partial charge in [-0.3, -0.25) is 4.79 Å². The van der Waals surface area contributed by atoms with Crippen LogP contribution < -0.4 is 4.90 Å². The number of hydrogen-bond donors (Lipinski definition) is 0. The maximum Gasteiger partial charge on any atom is 0.316 e. The van der Waals surface area contributed by atoms with Crippen molar-refractivity contribution in [3.8, 4) is 0 Å². The molecule has 1 fully saturated rings. The molecule has 1 aliphatic rings. The molecule has 1 aromatic rings. The molecule has 23 heavy (non-hydrogen) atoms. The molecule has 0 radical (unpaired) electrons. The van der Waals surface area contributed by atoms with Crippen molar-refractivity contribution in [2.24, 2.45) is 0 Å². The van der Waals surface area contributed by atoms with Gasteiger partial charge in [-0.1, -0.05) is 0 Å². The fraction of sp³-hybridized carbons (Fsp3) is 0.643. The summed E-state index contributed by atoms with van der Waals surface area (Å²) in [5.41, 5.74) is 0. The molecule has 9 heteroatoms. The third-order valence-electron chi connectivity index (χ3n) is 3.97. The van der Waals surface area contributed by atoms with Crippen LogP contribution in [0.15, 0.2) is 17.3 Å². The number of sulfone groups is 1. The van der Waals surface area contributed by atoms with Gasteiger partial charge in [-0.15, -0.1) is 0 Å². The van der Waals surface area contributed by atoms with Gasteiger partial charge in [0.1, 0.15) is 4.90 Å². The van der Waals surface area contributed by atoms with Gasteiger partial charge in [0.15, 0.2) is 9.84 Å².